The molecule has 0 bridgehead atoms. The highest BCUT2D eigenvalue weighted by Crippen LogP contribution is 2.29. The lowest BCUT2D eigenvalue weighted by molar-refractivity contribution is -0.380. The molecule has 0 aliphatic rings. The van der Waals surface area contributed by atoms with E-state index in [1.807, 2.05) is 6.07 Å². The summed E-state index contributed by atoms with van der Waals surface area (Å²) in [6.45, 7) is 0. The highest BCUT2D eigenvalue weighted by molar-refractivity contribution is 7.17. The first kappa shape index (κ1) is 14.2. The van der Waals surface area contributed by atoms with Crippen LogP contribution in [0.15, 0.2) is 36.4 Å². The minimum absolute atomic E-state index is 0.129. The number of hydrogen-bond acceptors (Lipinski definition) is 5. The Morgan fingerprint density at radius 2 is 2.15 bits per heavy atom. The Morgan fingerprint density at radius 3 is 2.70 bits per heavy atom. The van der Waals surface area contributed by atoms with E-state index in [9.17, 15) is 20.2 Å². The number of nitro groups is 1. The van der Waals surface area contributed by atoms with Crippen molar-refractivity contribution in [2.75, 3.05) is 0 Å². The topological polar surface area (TPSA) is 84.0 Å². The van der Waals surface area contributed by atoms with Crippen LogP contribution >= 0.6 is 22.9 Å². The van der Waals surface area contributed by atoms with E-state index >= 15 is 0 Å². The van der Waals surface area contributed by atoms with Gasteiger partial charge in [-0.1, -0.05) is 35.1 Å². The van der Waals surface area contributed by atoms with Crippen LogP contribution in [0.1, 0.15) is 21.2 Å². The fourth-order valence-corrected chi connectivity index (χ4v) is 2.66. The summed E-state index contributed by atoms with van der Waals surface area (Å²) in [5.74, 6) is -1.49. The van der Waals surface area contributed by atoms with Crippen LogP contribution in [0.2, 0.25) is 5.02 Å². The van der Waals surface area contributed by atoms with Crippen LogP contribution in [0.3, 0.4) is 0 Å². The van der Waals surface area contributed by atoms with Gasteiger partial charge in [0, 0.05) is 11.1 Å². The summed E-state index contributed by atoms with van der Waals surface area (Å²) in [5.41, 5.74) is 0.473. The number of halogens is 1. The zero-order valence-electron chi connectivity index (χ0n) is 9.95. The first-order chi connectivity index (χ1) is 9.52. The number of rotatable bonds is 4. The third-order valence-corrected chi connectivity index (χ3v) is 3.87. The second-order valence-electron chi connectivity index (χ2n) is 3.88. The Kier molecular flexibility index (Phi) is 4.13. The normalized spacial score (nSPS) is 11.6. The molecule has 0 aliphatic carbocycles. The van der Waals surface area contributed by atoms with Crippen LogP contribution in [0.5, 0.6) is 0 Å². The second-order valence-corrected chi connectivity index (χ2v) is 5.38. The van der Waals surface area contributed by atoms with Gasteiger partial charge >= 0.3 is 5.00 Å². The van der Waals surface area contributed by atoms with E-state index in [-0.39, 0.29) is 9.88 Å². The summed E-state index contributed by atoms with van der Waals surface area (Å²) in [4.78, 5) is 22.5. The maximum absolute atomic E-state index is 12.2. The monoisotopic (exact) mass is 306 g/mol. The van der Waals surface area contributed by atoms with Crippen LogP contribution in [0, 0.1) is 21.4 Å². The van der Waals surface area contributed by atoms with Crippen molar-refractivity contribution in [2.45, 2.75) is 5.92 Å². The number of carbonyl (C=O) groups is 1. The Labute approximate surface area is 123 Å². The van der Waals surface area contributed by atoms with E-state index in [1.165, 1.54) is 18.2 Å². The number of nitriles is 1. The largest absolute Gasteiger partial charge is 0.324 e. The van der Waals surface area contributed by atoms with Crippen molar-refractivity contribution in [3.05, 3.63) is 62.0 Å². The molecule has 1 heterocycles. The van der Waals surface area contributed by atoms with Crippen molar-refractivity contribution < 1.29 is 9.72 Å². The van der Waals surface area contributed by atoms with Crippen molar-refractivity contribution in [2.24, 2.45) is 0 Å². The van der Waals surface area contributed by atoms with E-state index < -0.39 is 16.6 Å². The van der Waals surface area contributed by atoms with Gasteiger partial charge < -0.3 is 0 Å². The Morgan fingerprint density at radius 1 is 1.40 bits per heavy atom. The first-order valence-corrected chi connectivity index (χ1v) is 6.66. The molecule has 0 amide bonds. The molecule has 0 N–H and O–H groups in total. The Balaban J connectivity index is 2.34. The Hall–Kier alpha value is -2.23. The van der Waals surface area contributed by atoms with Crippen LogP contribution in [-0.4, -0.2) is 10.7 Å². The average molecular weight is 307 g/mol. The lowest BCUT2D eigenvalue weighted by Gasteiger charge is -2.07. The van der Waals surface area contributed by atoms with Gasteiger partial charge in [-0.15, -0.1) is 0 Å². The van der Waals surface area contributed by atoms with Gasteiger partial charge in [-0.2, -0.15) is 5.26 Å². The highest BCUT2D eigenvalue weighted by atomic mass is 35.5. The van der Waals surface area contributed by atoms with Crippen LogP contribution in [0.25, 0.3) is 0 Å². The standard InChI is InChI=1S/C13H7ClN2O3S/c14-9-3-1-2-8(6-9)10(7-15)13(17)11-4-5-12(20-11)16(18)19/h1-6,10H. The summed E-state index contributed by atoms with van der Waals surface area (Å²) in [6.07, 6.45) is 0. The van der Waals surface area contributed by atoms with Gasteiger partial charge in [-0.25, -0.2) is 0 Å². The third kappa shape index (κ3) is 2.85. The summed E-state index contributed by atoms with van der Waals surface area (Å²) in [6, 6.07) is 11.0. The number of nitrogens with zero attached hydrogens (tertiary/aromatic N) is 2. The van der Waals surface area contributed by atoms with Crippen molar-refractivity contribution >= 4 is 33.7 Å². The number of hydrogen-bond donors (Lipinski definition) is 0. The molecule has 1 unspecified atom stereocenters. The molecule has 0 spiro atoms. The van der Waals surface area contributed by atoms with E-state index in [0.717, 1.165) is 11.3 Å². The average Bonchev–Trinajstić information content (AvgIpc) is 2.89. The zero-order valence-corrected chi connectivity index (χ0v) is 11.5. The third-order valence-electron chi connectivity index (χ3n) is 2.59. The zero-order chi connectivity index (χ0) is 14.7. The van der Waals surface area contributed by atoms with Gasteiger partial charge in [0.2, 0.25) is 0 Å². The van der Waals surface area contributed by atoms with Gasteiger partial charge in [0.1, 0.15) is 5.92 Å². The second kappa shape index (κ2) is 5.82. The molecule has 5 nitrogen and oxygen atoms in total. The molecule has 0 fully saturated rings. The van der Waals surface area contributed by atoms with Crippen molar-refractivity contribution in [1.29, 1.82) is 5.26 Å². The molecule has 7 heteroatoms. The molecule has 0 radical (unpaired) electrons. The maximum Gasteiger partial charge on any atom is 0.324 e. The van der Waals surface area contributed by atoms with Gasteiger partial charge in [-0.05, 0) is 23.8 Å². The Bertz CT molecular complexity index is 720. The van der Waals surface area contributed by atoms with Crippen LogP contribution in [0.4, 0.5) is 5.00 Å². The fourth-order valence-electron chi connectivity index (χ4n) is 1.67. The van der Waals surface area contributed by atoms with E-state index in [1.54, 1.807) is 18.2 Å². The van der Waals surface area contributed by atoms with Gasteiger partial charge in [0.25, 0.3) is 0 Å². The lowest BCUT2D eigenvalue weighted by atomic mass is 9.95. The smallest absolute Gasteiger partial charge is 0.291 e. The number of Topliss-reactive ketones (excluding diaryl/α,β-unsaturated/α-hetero) is 1. The SMILES string of the molecule is N#CC(C(=O)c1ccc([N+](=O)[O-])s1)c1cccc(Cl)c1. The summed E-state index contributed by atoms with van der Waals surface area (Å²) in [5, 5.41) is 20.1. The van der Waals surface area contributed by atoms with Gasteiger partial charge in [0.15, 0.2) is 5.78 Å². The molecule has 1 aromatic carbocycles. The highest BCUT2D eigenvalue weighted by Gasteiger charge is 2.25. The molecule has 0 aliphatic heterocycles. The van der Waals surface area contributed by atoms with Gasteiger partial charge in [0.05, 0.1) is 15.9 Å². The molecule has 20 heavy (non-hydrogen) atoms. The molecule has 2 aromatic rings. The summed E-state index contributed by atoms with van der Waals surface area (Å²) in [7, 11) is 0. The number of carbonyl (C=O) groups excluding carboxylic acids is 1. The molecule has 2 rings (SSSR count). The molecule has 0 saturated heterocycles. The number of benzene rings is 1. The predicted octanol–water partition coefficient (Wildman–Crippen LogP) is 3.80. The quantitative estimate of drug-likeness (QED) is 0.488. The summed E-state index contributed by atoms with van der Waals surface area (Å²) >= 11 is 6.59. The van der Waals surface area contributed by atoms with E-state index in [2.05, 4.69) is 0 Å². The number of thiophene rings is 1. The minimum atomic E-state index is -1.02. The lowest BCUT2D eigenvalue weighted by Crippen LogP contribution is -2.09. The molecular weight excluding hydrogens is 300 g/mol. The fraction of sp³-hybridized carbons (Fsp3) is 0.0769. The molecule has 1 aromatic heterocycles. The van der Waals surface area contributed by atoms with Crippen LogP contribution < -0.4 is 0 Å². The van der Waals surface area contributed by atoms with E-state index in [4.69, 9.17) is 11.6 Å². The first-order valence-electron chi connectivity index (χ1n) is 5.46. The van der Waals surface area contributed by atoms with Crippen molar-refractivity contribution in [1.82, 2.24) is 0 Å². The molecular formula is C13H7ClN2O3S. The predicted molar refractivity (Wildman–Crippen MR) is 75.1 cm³/mol. The molecule has 1 atom stereocenters. The van der Waals surface area contributed by atoms with Crippen molar-refractivity contribution in [3.8, 4) is 6.07 Å². The summed E-state index contributed by atoms with van der Waals surface area (Å²) < 4.78 is 0. The minimum Gasteiger partial charge on any atom is -0.291 e. The van der Waals surface area contributed by atoms with E-state index in [0.29, 0.717) is 10.6 Å². The number of ketones is 1. The van der Waals surface area contributed by atoms with Crippen LogP contribution in [-0.2, 0) is 0 Å². The van der Waals surface area contributed by atoms with Crippen molar-refractivity contribution in [3.63, 3.8) is 0 Å². The maximum atomic E-state index is 12.2. The molecule has 100 valence electrons. The molecule has 0 saturated carbocycles. The van der Waals surface area contributed by atoms with Gasteiger partial charge in [-0.3, -0.25) is 14.9 Å².